The summed E-state index contributed by atoms with van der Waals surface area (Å²) in [5.74, 6) is 0. The zero-order chi connectivity index (χ0) is 20.0. The highest BCUT2D eigenvalue weighted by Gasteiger charge is 2.33. The molecule has 1 fully saturated rings. The van der Waals surface area contributed by atoms with Crippen molar-refractivity contribution < 1.29 is 8.42 Å². The number of sulfone groups is 1. The van der Waals surface area contributed by atoms with Gasteiger partial charge in [0.25, 0.3) is 0 Å². The fourth-order valence-electron chi connectivity index (χ4n) is 3.93. The third-order valence-corrected chi connectivity index (χ3v) is 7.66. The van der Waals surface area contributed by atoms with Crippen molar-refractivity contribution in [2.75, 3.05) is 7.05 Å². The van der Waals surface area contributed by atoms with Crippen LogP contribution in [0.25, 0.3) is 0 Å². The van der Waals surface area contributed by atoms with Gasteiger partial charge in [-0.3, -0.25) is 9.88 Å². The van der Waals surface area contributed by atoms with Crippen molar-refractivity contribution in [3.05, 3.63) is 42.0 Å². The third kappa shape index (κ3) is 5.00. The number of rotatable bonds is 9. The molecule has 1 saturated carbocycles. The maximum Gasteiger partial charge on any atom is 0.228 e. The van der Waals surface area contributed by atoms with Crippen molar-refractivity contribution in [3.63, 3.8) is 0 Å². The van der Waals surface area contributed by atoms with Crippen molar-refractivity contribution in [2.45, 2.75) is 81.9 Å². The number of nitrogens with zero attached hydrogens (tertiary/aromatic N) is 4. The lowest BCUT2D eigenvalue weighted by Crippen LogP contribution is -2.28. The van der Waals surface area contributed by atoms with Crippen LogP contribution in [0.15, 0.2) is 35.7 Å². The Kier molecular flexibility index (Phi) is 7.24. The average molecular weight is 405 g/mol. The first-order valence-corrected chi connectivity index (χ1v) is 11.9. The molecule has 2 heterocycles. The molecular weight excluding hydrogens is 372 g/mol. The van der Waals surface area contributed by atoms with Gasteiger partial charge in [0.2, 0.25) is 15.0 Å². The molecule has 0 atom stereocenters. The Morgan fingerprint density at radius 1 is 1.14 bits per heavy atom. The Morgan fingerprint density at radius 2 is 1.93 bits per heavy atom. The maximum atomic E-state index is 13.3. The number of hydrogen-bond donors (Lipinski definition) is 0. The quantitative estimate of drug-likeness (QED) is 0.636. The van der Waals surface area contributed by atoms with Crippen LogP contribution in [0.2, 0.25) is 0 Å². The van der Waals surface area contributed by atoms with Crippen molar-refractivity contribution in [1.29, 1.82) is 0 Å². The summed E-state index contributed by atoms with van der Waals surface area (Å²) >= 11 is 0. The molecule has 0 N–H and O–H groups in total. The largest absolute Gasteiger partial charge is 0.318 e. The first kappa shape index (κ1) is 21.0. The number of pyridine rings is 1. The van der Waals surface area contributed by atoms with E-state index in [-0.39, 0.29) is 10.4 Å². The lowest BCUT2D eigenvalue weighted by atomic mass is 10.0. The van der Waals surface area contributed by atoms with Crippen LogP contribution in [0, 0.1) is 0 Å². The molecule has 0 unspecified atom stereocenters. The number of imidazole rings is 1. The van der Waals surface area contributed by atoms with E-state index in [1.165, 1.54) is 0 Å². The zero-order valence-electron chi connectivity index (χ0n) is 17.0. The predicted molar refractivity (Wildman–Crippen MR) is 111 cm³/mol. The van der Waals surface area contributed by atoms with E-state index >= 15 is 0 Å². The highest BCUT2D eigenvalue weighted by atomic mass is 32.2. The van der Waals surface area contributed by atoms with Gasteiger partial charge in [-0.15, -0.1) is 0 Å². The van der Waals surface area contributed by atoms with E-state index in [1.54, 1.807) is 12.4 Å². The van der Waals surface area contributed by atoms with Gasteiger partial charge in [0, 0.05) is 25.8 Å². The Hall–Kier alpha value is -1.73. The zero-order valence-corrected chi connectivity index (χ0v) is 17.9. The van der Waals surface area contributed by atoms with Gasteiger partial charge in [0.15, 0.2) is 0 Å². The standard InChI is InChI=1S/C21H32N4O2S/c1-3-4-14-25-19(17-24(2)16-18-10-8-9-13-22-18)15-23-21(25)28(26,27)20-11-6-5-7-12-20/h8-10,13,15,20H,3-7,11-12,14,16-17H2,1-2H3. The van der Waals surface area contributed by atoms with Crippen LogP contribution < -0.4 is 0 Å². The van der Waals surface area contributed by atoms with E-state index < -0.39 is 9.84 Å². The molecule has 28 heavy (non-hydrogen) atoms. The Bertz CT molecular complexity index is 843. The first-order chi connectivity index (χ1) is 13.5. The minimum atomic E-state index is -3.38. The van der Waals surface area contributed by atoms with Crippen LogP contribution in [0.4, 0.5) is 0 Å². The van der Waals surface area contributed by atoms with Crippen LogP contribution in [0.1, 0.15) is 63.3 Å². The molecule has 0 aromatic carbocycles. The van der Waals surface area contributed by atoms with Gasteiger partial charge in [-0.1, -0.05) is 38.7 Å². The van der Waals surface area contributed by atoms with Gasteiger partial charge in [0.05, 0.1) is 22.8 Å². The average Bonchev–Trinajstić information content (AvgIpc) is 3.10. The van der Waals surface area contributed by atoms with Crippen molar-refractivity contribution in [2.24, 2.45) is 0 Å². The van der Waals surface area contributed by atoms with Gasteiger partial charge >= 0.3 is 0 Å². The summed E-state index contributed by atoms with van der Waals surface area (Å²) < 4.78 is 28.5. The molecule has 1 aliphatic rings. The second kappa shape index (κ2) is 9.65. The second-order valence-electron chi connectivity index (χ2n) is 7.84. The molecule has 7 heteroatoms. The molecule has 0 bridgehead atoms. The van der Waals surface area contributed by atoms with Crippen molar-refractivity contribution in [3.8, 4) is 0 Å². The lowest BCUT2D eigenvalue weighted by Gasteiger charge is -2.23. The van der Waals surface area contributed by atoms with Crippen LogP contribution in [-0.2, 0) is 29.5 Å². The molecule has 3 rings (SSSR count). The number of hydrogen-bond acceptors (Lipinski definition) is 5. The van der Waals surface area contributed by atoms with Gasteiger partial charge in [-0.25, -0.2) is 13.4 Å². The Labute approximate surface area is 168 Å². The van der Waals surface area contributed by atoms with E-state index in [4.69, 9.17) is 0 Å². The fourth-order valence-corrected chi connectivity index (χ4v) is 5.89. The minimum absolute atomic E-state index is 0.272. The van der Waals surface area contributed by atoms with E-state index in [0.29, 0.717) is 19.6 Å². The summed E-state index contributed by atoms with van der Waals surface area (Å²) in [4.78, 5) is 10.9. The van der Waals surface area contributed by atoms with Gasteiger partial charge in [-0.05, 0) is 38.4 Å². The lowest BCUT2D eigenvalue weighted by molar-refractivity contribution is 0.303. The van der Waals surface area contributed by atoms with Crippen molar-refractivity contribution >= 4 is 9.84 Å². The van der Waals surface area contributed by atoms with E-state index in [1.807, 2.05) is 29.8 Å². The third-order valence-electron chi connectivity index (χ3n) is 5.47. The molecule has 2 aromatic heterocycles. The van der Waals surface area contributed by atoms with Crippen LogP contribution >= 0.6 is 0 Å². The molecule has 154 valence electrons. The van der Waals surface area contributed by atoms with Gasteiger partial charge in [-0.2, -0.15) is 0 Å². The molecule has 0 radical (unpaired) electrons. The summed E-state index contributed by atoms with van der Waals surface area (Å²) in [6, 6.07) is 5.89. The molecule has 0 spiro atoms. The van der Waals surface area contributed by atoms with E-state index in [2.05, 4.69) is 21.8 Å². The van der Waals surface area contributed by atoms with Crippen LogP contribution in [0.5, 0.6) is 0 Å². The smallest absolute Gasteiger partial charge is 0.228 e. The first-order valence-electron chi connectivity index (χ1n) is 10.4. The molecule has 0 amide bonds. The molecule has 1 aliphatic carbocycles. The summed E-state index contributed by atoms with van der Waals surface area (Å²) in [7, 11) is -1.35. The van der Waals surface area contributed by atoms with Crippen LogP contribution in [-0.4, -0.2) is 40.2 Å². The summed E-state index contributed by atoms with van der Waals surface area (Å²) in [6.07, 6.45) is 10.2. The topological polar surface area (TPSA) is 68.1 Å². The second-order valence-corrected chi connectivity index (χ2v) is 9.96. The minimum Gasteiger partial charge on any atom is -0.318 e. The Balaban J connectivity index is 1.81. The molecule has 6 nitrogen and oxygen atoms in total. The van der Waals surface area contributed by atoms with Gasteiger partial charge in [0.1, 0.15) is 0 Å². The maximum absolute atomic E-state index is 13.3. The SMILES string of the molecule is CCCCn1c(CN(C)Cc2ccccn2)cnc1S(=O)(=O)C1CCCCC1. The van der Waals surface area contributed by atoms with Gasteiger partial charge < -0.3 is 4.57 Å². The summed E-state index contributed by atoms with van der Waals surface area (Å²) in [5, 5.41) is -0.00258. The van der Waals surface area contributed by atoms with E-state index in [9.17, 15) is 8.42 Å². The molecular formula is C21H32N4O2S. The van der Waals surface area contributed by atoms with Crippen LogP contribution in [0.3, 0.4) is 0 Å². The van der Waals surface area contributed by atoms with E-state index in [0.717, 1.165) is 56.3 Å². The Morgan fingerprint density at radius 3 is 2.61 bits per heavy atom. The molecule has 0 aliphatic heterocycles. The fraction of sp³-hybridized carbons (Fsp3) is 0.619. The summed E-state index contributed by atoms with van der Waals surface area (Å²) in [5.41, 5.74) is 1.96. The summed E-state index contributed by atoms with van der Waals surface area (Å²) in [6.45, 7) is 4.18. The normalized spacial score (nSPS) is 16.0. The highest BCUT2D eigenvalue weighted by Crippen LogP contribution is 2.29. The molecule has 0 saturated heterocycles. The predicted octanol–water partition coefficient (Wildman–Crippen LogP) is 3.82. The number of unbranched alkanes of at least 4 members (excludes halogenated alkanes) is 1. The number of aromatic nitrogens is 3. The monoisotopic (exact) mass is 404 g/mol. The highest BCUT2D eigenvalue weighted by molar-refractivity contribution is 7.91. The van der Waals surface area contributed by atoms with Crippen molar-refractivity contribution in [1.82, 2.24) is 19.4 Å². The molecule has 2 aromatic rings.